The molecule has 0 aromatic carbocycles. The second-order valence-corrected chi connectivity index (χ2v) is 6.53. The molecule has 0 aliphatic heterocycles. The fourth-order valence-corrected chi connectivity index (χ4v) is 1.50. The number of allylic oxidation sites excluding steroid dienone is 8. The Labute approximate surface area is 129 Å². The molecule has 0 spiro atoms. The molecular formula is C15H20Cl2Ti-2. The molecule has 0 radical (unpaired) electrons. The number of rotatable bonds is 3. The Hall–Kier alpha value is 0.254. The maximum absolute atomic E-state index is 4.89. The summed E-state index contributed by atoms with van der Waals surface area (Å²) in [6.45, 7) is 4.28. The zero-order valence-corrected chi connectivity index (χ0v) is 14.2. The maximum atomic E-state index is 4.89. The third kappa shape index (κ3) is 11.4. The van der Waals surface area contributed by atoms with Gasteiger partial charge in [-0.25, -0.2) is 23.3 Å². The van der Waals surface area contributed by atoms with Gasteiger partial charge >= 0.3 is 35.6 Å². The molecular weight excluding hydrogens is 299 g/mol. The second kappa shape index (κ2) is 13.7. The summed E-state index contributed by atoms with van der Waals surface area (Å²) in [5.41, 5.74) is 2.69. The van der Waals surface area contributed by atoms with E-state index < -0.39 is 17.0 Å². The molecule has 2 rings (SSSR count). The first-order valence-electron chi connectivity index (χ1n) is 6.21. The van der Waals surface area contributed by atoms with Gasteiger partial charge < -0.3 is 0 Å². The van der Waals surface area contributed by atoms with Crippen molar-refractivity contribution in [3.05, 3.63) is 47.6 Å². The van der Waals surface area contributed by atoms with E-state index in [1.807, 2.05) is 0 Å². The van der Waals surface area contributed by atoms with E-state index in [-0.39, 0.29) is 0 Å². The standard InChI is InChI=1S/C9H13.C6H7.2ClH.Ti/c1-2-3-6-9-7-4-5-8-9;1-6-4-2-3-5-6;;;/h4,7H,2-3,5-6H2,1H3;2,4H,3H2,1H3;2*1H;/q2*-1;;;+2/p-2. The Morgan fingerprint density at radius 1 is 1.17 bits per heavy atom. The van der Waals surface area contributed by atoms with Crippen LogP contribution < -0.4 is 0 Å². The Balaban J connectivity index is 0.000000278. The zero-order valence-electron chi connectivity index (χ0n) is 11.1. The van der Waals surface area contributed by atoms with Gasteiger partial charge in [-0.2, -0.15) is 12.2 Å². The first kappa shape index (κ1) is 18.3. The number of hydrogen-bond acceptors (Lipinski definition) is 0. The predicted octanol–water partition coefficient (Wildman–Crippen LogP) is 5.94. The molecule has 0 aromatic heterocycles. The molecule has 2 aliphatic carbocycles. The van der Waals surface area contributed by atoms with Gasteiger partial charge in [0.15, 0.2) is 0 Å². The summed E-state index contributed by atoms with van der Waals surface area (Å²) in [6, 6.07) is 0. The molecule has 0 nitrogen and oxygen atoms in total. The number of halogens is 2. The quantitative estimate of drug-likeness (QED) is 0.446. The number of hydrogen-bond donors (Lipinski definition) is 0. The van der Waals surface area contributed by atoms with Crippen molar-refractivity contribution >= 4 is 18.6 Å². The van der Waals surface area contributed by atoms with Gasteiger partial charge in [-0.3, -0.25) is 12.2 Å². The van der Waals surface area contributed by atoms with Crippen LogP contribution in [0.4, 0.5) is 0 Å². The van der Waals surface area contributed by atoms with Gasteiger partial charge in [-0.05, 0) is 0 Å². The number of unbranched alkanes of at least 4 members (excludes halogenated alkanes) is 1. The fraction of sp³-hybridized carbons (Fsp3) is 0.467. The predicted molar refractivity (Wildman–Crippen MR) is 77.9 cm³/mol. The Morgan fingerprint density at radius 2 is 1.78 bits per heavy atom. The third-order valence-electron chi connectivity index (χ3n) is 2.43. The summed E-state index contributed by atoms with van der Waals surface area (Å²) in [7, 11) is 9.78. The second-order valence-electron chi connectivity index (χ2n) is 3.95. The summed E-state index contributed by atoms with van der Waals surface area (Å²) < 4.78 is 0. The average molecular weight is 319 g/mol. The fourth-order valence-electron chi connectivity index (χ4n) is 1.50. The molecule has 0 aromatic rings. The van der Waals surface area contributed by atoms with E-state index >= 15 is 0 Å². The van der Waals surface area contributed by atoms with Crippen LogP contribution in [0.15, 0.2) is 35.5 Å². The van der Waals surface area contributed by atoms with Crippen LogP contribution in [0, 0.1) is 12.2 Å². The van der Waals surface area contributed by atoms with Crippen LogP contribution in [0.5, 0.6) is 0 Å². The minimum absolute atomic E-state index is 0.556. The van der Waals surface area contributed by atoms with Crippen LogP contribution in [-0.2, 0) is 17.0 Å². The Morgan fingerprint density at radius 3 is 2.11 bits per heavy atom. The van der Waals surface area contributed by atoms with Gasteiger partial charge in [-0.15, -0.1) is 12.8 Å². The summed E-state index contributed by atoms with van der Waals surface area (Å²) in [5.74, 6) is 0. The summed E-state index contributed by atoms with van der Waals surface area (Å²) in [4.78, 5) is 0. The molecule has 100 valence electrons. The molecule has 0 unspecified atom stereocenters. The summed E-state index contributed by atoms with van der Waals surface area (Å²) in [5, 5.41) is 0. The van der Waals surface area contributed by atoms with Crippen molar-refractivity contribution in [2.45, 2.75) is 46.0 Å². The van der Waals surface area contributed by atoms with Crippen molar-refractivity contribution in [3.8, 4) is 0 Å². The van der Waals surface area contributed by atoms with Gasteiger partial charge in [0.1, 0.15) is 0 Å². The van der Waals surface area contributed by atoms with E-state index in [2.05, 4.69) is 50.3 Å². The van der Waals surface area contributed by atoms with Crippen molar-refractivity contribution in [1.82, 2.24) is 0 Å². The van der Waals surface area contributed by atoms with Crippen molar-refractivity contribution in [3.63, 3.8) is 0 Å². The third-order valence-corrected chi connectivity index (χ3v) is 2.43. The van der Waals surface area contributed by atoms with E-state index in [0.29, 0.717) is 0 Å². The summed E-state index contributed by atoms with van der Waals surface area (Å²) >= 11 is -0.556. The average Bonchev–Trinajstić information content (AvgIpc) is 3.01. The van der Waals surface area contributed by atoms with Crippen LogP contribution in [0.3, 0.4) is 0 Å². The monoisotopic (exact) mass is 318 g/mol. The van der Waals surface area contributed by atoms with Gasteiger partial charge in [0.05, 0.1) is 0 Å². The van der Waals surface area contributed by atoms with Gasteiger partial charge in [0.25, 0.3) is 0 Å². The van der Waals surface area contributed by atoms with E-state index in [1.165, 1.54) is 30.4 Å². The normalized spacial score (nSPS) is 15.1. The first-order chi connectivity index (χ1) is 8.74. The molecule has 0 N–H and O–H groups in total. The van der Waals surface area contributed by atoms with Gasteiger partial charge in [0, 0.05) is 0 Å². The molecule has 0 bridgehead atoms. The van der Waals surface area contributed by atoms with Crippen molar-refractivity contribution in [2.75, 3.05) is 0 Å². The molecule has 0 heterocycles. The van der Waals surface area contributed by atoms with Crippen LogP contribution >= 0.6 is 18.6 Å². The molecule has 18 heavy (non-hydrogen) atoms. The zero-order chi connectivity index (χ0) is 13.6. The van der Waals surface area contributed by atoms with Gasteiger partial charge in [-0.1, -0.05) is 33.1 Å². The molecule has 0 saturated heterocycles. The SMILES string of the molecule is CC1=[C-]CC=C1.CCCCC1=[C-]CC=C1.[Cl][Ti][Cl]. The molecule has 3 heteroatoms. The van der Waals surface area contributed by atoms with Crippen LogP contribution in [0.25, 0.3) is 0 Å². The molecule has 0 fully saturated rings. The van der Waals surface area contributed by atoms with Crippen LogP contribution in [0.1, 0.15) is 46.0 Å². The molecule has 0 amide bonds. The van der Waals surface area contributed by atoms with Gasteiger partial charge in [0.2, 0.25) is 0 Å². The topological polar surface area (TPSA) is 0 Å². The Kier molecular flexibility index (Phi) is 13.9. The van der Waals surface area contributed by atoms with E-state index in [0.717, 1.165) is 12.8 Å². The van der Waals surface area contributed by atoms with E-state index in [4.69, 9.17) is 18.6 Å². The molecule has 0 saturated carbocycles. The van der Waals surface area contributed by atoms with Crippen molar-refractivity contribution < 1.29 is 17.0 Å². The van der Waals surface area contributed by atoms with Crippen LogP contribution in [-0.4, -0.2) is 0 Å². The van der Waals surface area contributed by atoms with E-state index in [9.17, 15) is 0 Å². The van der Waals surface area contributed by atoms with Crippen molar-refractivity contribution in [2.24, 2.45) is 0 Å². The molecule has 0 atom stereocenters. The van der Waals surface area contributed by atoms with Crippen LogP contribution in [0.2, 0.25) is 0 Å². The molecule has 2 aliphatic rings. The first-order valence-corrected chi connectivity index (χ1v) is 10.5. The van der Waals surface area contributed by atoms with E-state index in [1.54, 1.807) is 0 Å². The Bertz CT molecular complexity index is 312. The summed E-state index contributed by atoms with van der Waals surface area (Å²) in [6.07, 6.45) is 20.9. The van der Waals surface area contributed by atoms with Crippen molar-refractivity contribution in [1.29, 1.82) is 0 Å². The minimum atomic E-state index is -0.556.